The number of fused-ring (bicyclic) bond motifs is 2. The Kier molecular flexibility index (Phi) is 7.41. The van der Waals surface area contributed by atoms with Crippen LogP contribution in [0.4, 0.5) is 11.4 Å². The Morgan fingerprint density at radius 3 is 2.19 bits per heavy atom. The van der Waals surface area contributed by atoms with Crippen LogP contribution in [0.15, 0.2) is 78.9 Å². The van der Waals surface area contributed by atoms with Crippen molar-refractivity contribution in [2.24, 2.45) is 11.8 Å². The van der Waals surface area contributed by atoms with Crippen LogP contribution < -0.4 is 14.5 Å². The van der Waals surface area contributed by atoms with Crippen molar-refractivity contribution < 1.29 is 29.0 Å². The maximum absolute atomic E-state index is 14.6. The van der Waals surface area contributed by atoms with Gasteiger partial charge in [0.2, 0.25) is 11.8 Å². The highest BCUT2D eigenvalue weighted by atomic mass is 16.5. The fourth-order valence-electron chi connectivity index (χ4n) is 7.23. The molecule has 4 aliphatic rings. The molecule has 42 heavy (non-hydrogen) atoms. The molecule has 0 radical (unpaired) electrons. The summed E-state index contributed by atoms with van der Waals surface area (Å²) in [4.78, 5) is 48.5. The van der Waals surface area contributed by atoms with Gasteiger partial charge in [-0.15, -0.1) is 0 Å². The van der Waals surface area contributed by atoms with Gasteiger partial charge in [-0.3, -0.25) is 14.4 Å². The zero-order valence-corrected chi connectivity index (χ0v) is 24.0. The molecule has 2 fully saturated rings. The fraction of sp³-hybridized carbons (Fsp3) is 0.424. The zero-order valence-electron chi connectivity index (χ0n) is 24.0. The molecule has 0 aliphatic carbocycles. The smallest absolute Gasteiger partial charge is 0.253 e. The van der Waals surface area contributed by atoms with E-state index >= 15 is 0 Å². The van der Waals surface area contributed by atoms with Gasteiger partial charge in [0.25, 0.3) is 5.91 Å². The number of hydrogen-bond acceptors (Lipinski definition) is 6. The van der Waals surface area contributed by atoms with Gasteiger partial charge in [-0.05, 0) is 55.7 Å². The van der Waals surface area contributed by atoms with Crippen molar-refractivity contribution in [1.82, 2.24) is 4.90 Å². The number of hydrogen-bond donors (Lipinski definition) is 1. The second kappa shape index (κ2) is 11.0. The Morgan fingerprint density at radius 1 is 0.857 bits per heavy atom. The van der Waals surface area contributed by atoms with E-state index in [2.05, 4.69) is 0 Å². The third-order valence-electron chi connectivity index (χ3n) is 9.20. The van der Waals surface area contributed by atoms with Gasteiger partial charge in [0, 0.05) is 37.6 Å². The number of nitrogens with zero attached hydrogens (tertiary/aromatic N) is 3. The van der Waals surface area contributed by atoms with E-state index in [1.54, 1.807) is 33.9 Å². The Hall–Kier alpha value is -3.95. The van der Waals surface area contributed by atoms with E-state index < -0.39 is 29.1 Å². The molecular weight excluding hydrogens is 534 g/mol. The van der Waals surface area contributed by atoms with Gasteiger partial charge in [-0.1, -0.05) is 49.4 Å². The first-order valence-electron chi connectivity index (χ1n) is 14.7. The number of likely N-dealkylation sites (tertiary alicyclic amines) is 1. The number of carbonyl (C=O) groups excluding carboxylic acids is 3. The second-order valence-corrected chi connectivity index (χ2v) is 11.3. The summed E-state index contributed by atoms with van der Waals surface area (Å²) < 4.78 is 12.3. The van der Waals surface area contributed by atoms with Gasteiger partial charge < -0.3 is 29.3 Å². The second-order valence-electron chi connectivity index (χ2n) is 11.3. The number of unbranched alkanes of at least 4 members (excludes halogenated alkanes) is 1. The minimum absolute atomic E-state index is 0.0134. The number of aliphatic hydroxyl groups is 1. The molecule has 3 amide bonds. The summed E-state index contributed by atoms with van der Waals surface area (Å²) in [6.07, 6.45) is 9.12. The Bertz CT molecular complexity index is 1410. The number of rotatable bonds is 8. The minimum Gasteiger partial charge on any atom is -0.497 e. The quantitative estimate of drug-likeness (QED) is 0.386. The predicted molar refractivity (Wildman–Crippen MR) is 158 cm³/mol. The maximum atomic E-state index is 14.6. The molecule has 220 valence electrons. The first-order valence-corrected chi connectivity index (χ1v) is 14.7. The van der Waals surface area contributed by atoms with E-state index in [4.69, 9.17) is 9.47 Å². The van der Waals surface area contributed by atoms with Crippen LogP contribution in [-0.2, 0) is 19.1 Å². The Balaban J connectivity index is 1.46. The van der Waals surface area contributed by atoms with Gasteiger partial charge >= 0.3 is 0 Å². The van der Waals surface area contributed by atoms with E-state index in [0.29, 0.717) is 43.8 Å². The lowest BCUT2D eigenvalue weighted by Gasteiger charge is -2.38. The Labute approximate surface area is 246 Å². The number of amides is 3. The van der Waals surface area contributed by atoms with E-state index in [9.17, 15) is 19.5 Å². The van der Waals surface area contributed by atoms with Crippen LogP contribution in [0, 0.1) is 11.8 Å². The first-order chi connectivity index (χ1) is 20.4. The van der Waals surface area contributed by atoms with Crippen molar-refractivity contribution in [1.29, 1.82) is 0 Å². The summed E-state index contributed by atoms with van der Waals surface area (Å²) in [7, 11) is 1.59. The molecular formula is C33H37N3O6. The number of para-hydroxylation sites is 1. The largest absolute Gasteiger partial charge is 0.497 e. The van der Waals surface area contributed by atoms with Crippen molar-refractivity contribution in [2.75, 3.05) is 43.2 Å². The lowest BCUT2D eigenvalue weighted by molar-refractivity contribution is -0.145. The van der Waals surface area contributed by atoms with Crippen LogP contribution in [-0.4, -0.2) is 78.3 Å². The van der Waals surface area contributed by atoms with Crippen molar-refractivity contribution in [3.63, 3.8) is 0 Å². The molecule has 1 spiro atoms. The average molecular weight is 572 g/mol. The number of benzene rings is 2. The van der Waals surface area contributed by atoms with Crippen LogP contribution in [0.25, 0.3) is 0 Å². The topological polar surface area (TPSA) is 99.6 Å². The van der Waals surface area contributed by atoms with Crippen molar-refractivity contribution >= 4 is 29.1 Å². The summed E-state index contributed by atoms with van der Waals surface area (Å²) in [6, 6.07) is 15.7. The van der Waals surface area contributed by atoms with Crippen molar-refractivity contribution in [2.45, 2.75) is 43.4 Å². The third kappa shape index (κ3) is 4.25. The first kappa shape index (κ1) is 28.2. The van der Waals surface area contributed by atoms with Gasteiger partial charge in [0.1, 0.15) is 17.4 Å². The number of aliphatic hydroxyl groups excluding tert-OH is 1. The predicted octanol–water partition coefficient (Wildman–Crippen LogP) is 3.33. The average Bonchev–Trinajstić information content (AvgIpc) is 3.30. The van der Waals surface area contributed by atoms with Gasteiger partial charge in [0.05, 0.1) is 24.5 Å². The molecule has 4 heterocycles. The van der Waals surface area contributed by atoms with Crippen LogP contribution in [0.5, 0.6) is 5.75 Å². The van der Waals surface area contributed by atoms with Crippen LogP contribution in [0.2, 0.25) is 0 Å². The summed E-state index contributed by atoms with van der Waals surface area (Å²) >= 11 is 0. The van der Waals surface area contributed by atoms with Gasteiger partial charge in [-0.25, -0.2) is 0 Å². The van der Waals surface area contributed by atoms with Gasteiger partial charge in [0.15, 0.2) is 0 Å². The molecule has 2 aromatic carbocycles. The monoisotopic (exact) mass is 571 g/mol. The molecule has 1 unspecified atom stereocenters. The molecule has 0 bridgehead atoms. The van der Waals surface area contributed by atoms with E-state index in [-0.39, 0.29) is 30.9 Å². The van der Waals surface area contributed by atoms with Crippen molar-refractivity contribution in [3.8, 4) is 5.75 Å². The number of ether oxygens (including phenoxy) is 2. The fourth-order valence-corrected chi connectivity index (χ4v) is 7.23. The Morgan fingerprint density at radius 2 is 1.52 bits per heavy atom. The molecule has 0 aromatic heterocycles. The molecule has 2 saturated heterocycles. The highest BCUT2D eigenvalue weighted by Gasteiger charge is 2.75. The lowest BCUT2D eigenvalue weighted by Crippen LogP contribution is -2.56. The molecule has 9 nitrogen and oxygen atoms in total. The molecule has 1 N–H and O–H groups in total. The standard InChI is InChI=1S/C33H37N3O6/c1-3-32-17-9-20-34(23-11-5-4-6-12-23)29(38)26(32)27-30(39)36(19-7-8-22-37)28-31(40)35(21-10-18-33(27,28)42-32)24-13-15-25(41-2)16-14-24/h4-6,9-18,26-28,37H,3,7-8,19-22H2,1-2H3/t26-,27-,28?,32+,33-/m0/s1. The van der Waals surface area contributed by atoms with Crippen LogP contribution in [0.1, 0.15) is 26.2 Å². The van der Waals surface area contributed by atoms with Gasteiger partial charge in [-0.2, -0.15) is 0 Å². The summed E-state index contributed by atoms with van der Waals surface area (Å²) in [5.74, 6) is -1.73. The highest BCUT2D eigenvalue weighted by Crippen LogP contribution is 2.58. The number of methoxy groups -OCH3 is 1. The third-order valence-corrected chi connectivity index (χ3v) is 9.20. The normalized spacial score (nSPS) is 30.2. The van der Waals surface area contributed by atoms with Crippen molar-refractivity contribution in [3.05, 3.63) is 78.9 Å². The van der Waals surface area contributed by atoms with Crippen LogP contribution >= 0.6 is 0 Å². The van der Waals surface area contributed by atoms with Crippen LogP contribution in [0.3, 0.4) is 0 Å². The molecule has 4 aliphatic heterocycles. The summed E-state index contributed by atoms with van der Waals surface area (Å²) in [5, 5.41) is 9.47. The molecule has 9 heteroatoms. The maximum Gasteiger partial charge on any atom is 0.253 e. The number of anilines is 2. The molecule has 2 aromatic rings. The summed E-state index contributed by atoms with van der Waals surface area (Å²) in [6.45, 7) is 2.88. The molecule has 0 saturated carbocycles. The number of carbonyl (C=O) groups is 3. The molecule has 5 atom stereocenters. The summed E-state index contributed by atoms with van der Waals surface area (Å²) in [5.41, 5.74) is -0.942. The zero-order chi connectivity index (χ0) is 29.5. The highest BCUT2D eigenvalue weighted by molar-refractivity contribution is 6.07. The van der Waals surface area contributed by atoms with E-state index in [1.807, 2.05) is 73.7 Å². The van der Waals surface area contributed by atoms with E-state index in [1.165, 1.54) is 0 Å². The van der Waals surface area contributed by atoms with E-state index in [0.717, 1.165) is 5.69 Å². The lowest BCUT2D eigenvalue weighted by atomic mass is 9.73. The molecule has 6 rings (SSSR count). The SMILES string of the molecule is CC[C@@]12C=CCN(c3ccccc3)C(=O)[C@@H]1[C@H]1C(=O)N(CCCCO)C3C(=O)N(c4ccc(OC)cc4)CC=C[C@@]31O2. The minimum atomic E-state index is -1.32.